The molecule has 0 bridgehead atoms. The van der Waals surface area contributed by atoms with Crippen molar-refractivity contribution >= 4 is 23.0 Å². The van der Waals surface area contributed by atoms with Crippen LogP contribution in [0.1, 0.15) is 6.42 Å². The van der Waals surface area contributed by atoms with E-state index in [0.717, 1.165) is 6.42 Å². The molecule has 3 nitrogen and oxygen atoms in total. The zero-order valence-corrected chi connectivity index (χ0v) is 7.78. The number of halogens is 1. The number of ether oxygens (including phenoxy) is 1. The van der Waals surface area contributed by atoms with Gasteiger partial charge in [-0.25, -0.2) is 0 Å². The Hall–Kier alpha value is 0.610. The fourth-order valence-corrected chi connectivity index (χ4v) is 1.31. The molecule has 0 aromatic rings. The Kier molecular flexibility index (Phi) is 3.90. The summed E-state index contributed by atoms with van der Waals surface area (Å²) in [6.07, 6.45) is 0.621. The molecule has 1 fully saturated rings. The van der Waals surface area contributed by atoms with Crippen molar-refractivity contribution in [2.24, 2.45) is 5.92 Å². The first kappa shape index (κ1) is 8.70. The number of rotatable bonds is 3. The van der Waals surface area contributed by atoms with Crippen LogP contribution in [0, 0.1) is 5.92 Å². The third kappa shape index (κ3) is 2.34. The molecule has 10 heavy (non-hydrogen) atoms. The molecule has 1 rings (SSSR count). The van der Waals surface area contributed by atoms with Crippen LogP contribution in [0.5, 0.6) is 0 Å². The van der Waals surface area contributed by atoms with E-state index in [0.29, 0.717) is 19.8 Å². The van der Waals surface area contributed by atoms with Gasteiger partial charge in [0.2, 0.25) is 0 Å². The molecule has 1 saturated heterocycles. The lowest BCUT2D eigenvalue weighted by Crippen LogP contribution is -2.18. The summed E-state index contributed by atoms with van der Waals surface area (Å²) in [5.41, 5.74) is 0. The fourth-order valence-electron chi connectivity index (χ4n) is 1.06. The van der Waals surface area contributed by atoms with Crippen LogP contribution in [0.4, 0.5) is 0 Å². The molecule has 2 atom stereocenters. The Balaban J connectivity index is 2.14. The van der Waals surface area contributed by atoms with E-state index < -0.39 is 0 Å². The molecule has 0 aromatic carbocycles. The van der Waals surface area contributed by atoms with Gasteiger partial charge in [-0.15, -0.1) is 0 Å². The van der Waals surface area contributed by atoms with E-state index in [1.807, 2.05) is 23.0 Å². The lowest BCUT2D eigenvalue weighted by molar-refractivity contribution is 0.115. The molecule has 1 aliphatic heterocycles. The van der Waals surface area contributed by atoms with Crippen LogP contribution in [0.3, 0.4) is 0 Å². The van der Waals surface area contributed by atoms with Crippen molar-refractivity contribution < 1.29 is 12.9 Å². The first-order valence-corrected chi connectivity index (χ1v) is 4.22. The van der Waals surface area contributed by atoms with Crippen LogP contribution in [-0.2, 0) is 7.80 Å². The molecule has 0 aliphatic carbocycles. The van der Waals surface area contributed by atoms with Gasteiger partial charge in [-0.2, -0.15) is 0 Å². The second kappa shape index (κ2) is 4.48. The first-order valence-electron chi connectivity index (χ1n) is 3.34. The summed E-state index contributed by atoms with van der Waals surface area (Å²) >= 11 is 1.86. The van der Waals surface area contributed by atoms with Crippen molar-refractivity contribution in [3.8, 4) is 0 Å². The number of aliphatic hydroxyl groups excluding tert-OH is 1. The molecule has 60 valence electrons. The molecule has 0 aromatic heterocycles. The summed E-state index contributed by atoms with van der Waals surface area (Å²) in [7, 11) is 0. The van der Waals surface area contributed by atoms with Crippen LogP contribution in [0.2, 0.25) is 0 Å². The summed E-state index contributed by atoms with van der Waals surface area (Å²) in [6.45, 7) is 1.87. The second-order valence-corrected chi connectivity index (χ2v) is 3.09. The molecule has 1 N–H and O–H groups in total. The Morgan fingerprint density at radius 1 is 1.60 bits per heavy atom. The molecule has 0 amide bonds. The maximum Gasteiger partial charge on any atom is 0.109 e. The lowest BCUT2D eigenvalue weighted by Gasteiger charge is -2.09. The maximum atomic E-state index is 9.23. The van der Waals surface area contributed by atoms with Crippen LogP contribution < -0.4 is 0 Å². The highest BCUT2D eigenvalue weighted by molar-refractivity contribution is 14.1. The molecule has 1 heterocycles. The van der Waals surface area contributed by atoms with Gasteiger partial charge in [-0.05, 0) is 6.42 Å². The standard InChI is InChI=1S/C6H11IO3/c7-10-2-1-5-3-9-4-6(5)8/h5-6,8H,1-4H2/t5-,6+/m1/s1. The zero-order chi connectivity index (χ0) is 7.40. The Bertz CT molecular complexity index is 99.0. The minimum Gasteiger partial charge on any atom is -0.390 e. The summed E-state index contributed by atoms with van der Waals surface area (Å²) < 4.78 is 9.91. The van der Waals surface area contributed by atoms with Gasteiger partial charge in [0, 0.05) is 5.92 Å². The Morgan fingerprint density at radius 2 is 2.40 bits per heavy atom. The molecule has 1 aliphatic rings. The minimum atomic E-state index is -0.272. The average Bonchev–Trinajstić information content (AvgIpc) is 2.31. The SMILES string of the molecule is O[C@H]1COC[C@H]1CCOI. The van der Waals surface area contributed by atoms with Crippen molar-refractivity contribution in [1.29, 1.82) is 0 Å². The highest BCUT2D eigenvalue weighted by Gasteiger charge is 2.25. The van der Waals surface area contributed by atoms with Crippen molar-refractivity contribution in [2.75, 3.05) is 19.8 Å². The van der Waals surface area contributed by atoms with Gasteiger partial charge in [-0.1, -0.05) is 0 Å². The van der Waals surface area contributed by atoms with E-state index in [2.05, 4.69) is 0 Å². The van der Waals surface area contributed by atoms with Crippen molar-refractivity contribution in [2.45, 2.75) is 12.5 Å². The van der Waals surface area contributed by atoms with Crippen LogP contribution >= 0.6 is 23.0 Å². The predicted octanol–water partition coefficient (Wildman–Crippen LogP) is 0.750. The summed E-state index contributed by atoms with van der Waals surface area (Å²) in [5, 5.41) is 9.23. The van der Waals surface area contributed by atoms with Crippen molar-refractivity contribution in [1.82, 2.24) is 0 Å². The van der Waals surface area contributed by atoms with Gasteiger partial charge in [-0.3, -0.25) is 0 Å². The monoisotopic (exact) mass is 258 g/mol. The smallest absolute Gasteiger partial charge is 0.109 e. The van der Waals surface area contributed by atoms with Gasteiger partial charge in [0.15, 0.2) is 0 Å². The van der Waals surface area contributed by atoms with E-state index in [9.17, 15) is 5.11 Å². The quantitative estimate of drug-likeness (QED) is 0.759. The van der Waals surface area contributed by atoms with Gasteiger partial charge in [0.05, 0.1) is 25.9 Å². The molecule has 0 unspecified atom stereocenters. The third-order valence-electron chi connectivity index (χ3n) is 1.73. The molecule has 4 heteroatoms. The first-order chi connectivity index (χ1) is 4.84. The molecule has 0 radical (unpaired) electrons. The largest absolute Gasteiger partial charge is 0.390 e. The molecule has 0 saturated carbocycles. The Labute approximate surface area is 74.4 Å². The summed E-state index contributed by atoms with van der Waals surface area (Å²) in [4.78, 5) is 0. The highest BCUT2D eigenvalue weighted by atomic mass is 127. The second-order valence-electron chi connectivity index (χ2n) is 2.47. The molecular formula is C6H11IO3. The topological polar surface area (TPSA) is 38.7 Å². The van der Waals surface area contributed by atoms with Crippen molar-refractivity contribution in [3.63, 3.8) is 0 Å². The molecule has 0 spiro atoms. The predicted molar refractivity (Wildman–Crippen MR) is 44.9 cm³/mol. The normalized spacial score (nSPS) is 33.0. The van der Waals surface area contributed by atoms with Gasteiger partial charge in [0.1, 0.15) is 23.0 Å². The van der Waals surface area contributed by atoms with Gasteiger partial charge >= 0.3 is 0 Å². The summed E-state index contributed by atoms with van der Waals surface area (Å²) in [5.74, 6) is 0.287. The third-order valence-corrected chi connectivity index (χ3v) is 2.17. The lowest BCUT2D eigenvalue weighted by atomic mass is 10.0. The van der Waals surface area contributed by atoms with Crippen LogP contribution in [-0.4, -0.2) is 31.0 Å². The highest BCUT2D eigenvalue weighted by Crippen LogP contribution is 2.17. The number of hydrogen-bond acceptors (Lipinski definition) is 3. The number of aliphatic hydroxyl groups is 1. The average molecular weight is 258 g/mol. The van der Waals surface area contributed by atoms with Crippen LogP contribution in [0.15, 0.2) is 0 Å². The van der Waals surface area contributed by atoms with E-state index in [1.54, 1.807) is 0 Å². The molecular weight excluding hydrogens is 247 g/mol. The van der Waals surface area contributed by atoms with Crippen LogP contribution in [0.25, 0.3) is 0 Å². The Morgan fingerprint density at radius 3 is 2.90 bits per heavy atom. The zero-order valence-electron chi connectivity index (χ0n) is 5.62. The van der Waals surface area contributed by atoms with E-state index in [1.165, 1.54) is 0 Å². The van der Waals surface area contributed by atoms with E-state index in [-0.39, 0.29) is 12.0 Å². The minimum absolute atomic E-state index is 0.272. The van der Waals surface area contributed by atoms with Gasteiger partial charge in [0.25, 0.3) is 0 Å². The van der Waals surface area contributed by atoms with Crippen molar-refractivity contribution in [3.05, 3.63) is 0 Å². The fraction of sp³-hybridized carbons (Fsp3) is 1.00. The van der Waals surface area contributed by atoms with Gasteiger partial charge < -0.3 is 12.9 Å². The number of hydrogen-bond donors (Lipinski definition) is 1. The maximum absolute atomic E-state index is 9.23. The summed E-state index contributed by atoms with van der Waals surface area (Å²) in [6, 6.07) is 0. The van der Waals surface area contributed by atoms with E-state index in [4.69, 9.17) is 7.80 Å². The van der Waals surface area contributed by atoms with E-state index >= 15 is 0 Å².